The molecule has 92 valence electrons. The summed E-state index contributed by atoms with van der Waals surface area (Å²) in [5.41, 5.74) is 0. The Bertz CT molecular complexity index is 217. The predicted molar refractivity (Wildman–Crippen MR) is 67.6 cm³/mol. The fourth-order valence-electron chi connectivity index (χ4n) is 2.53. The number of nitrogens with zero attached hydrogens (tertiary/aromatic N) is 1. The second kappa shape index (κ2) is 5.05. The highest BCUT2D eigenvalue weighted by Gasteiger charge is 2.33. The Kier molecular flexibility index (Phi) is 3.49. The second-order valence-electron chi connectivity index (χ2n) is 6.10. The lowest BCUT2D eigenvalue weighted by atomic mass is 10.2. The Labute approximate surface area is 99.8 Å². The highest BCUT2D eigenvalue weighted by Crippen LogP contribution is 2.34. The van der Waals surface area contributed by atoms with Crippen LogP contribution in [0.4, 0.5) is 0 Å². The van der Waals surface area contributed by atoms with Crippen molar-refractivity contribution < 1.29 is 0 Å². The second-order valence-corrected chi connectivity index (χ2v) is 6.10. The highest BCUT2D eigenvalue weighted by molar-refractivity contribution is 4.88. The summed E-state index contributed by atoms with van der Waals surface area (Å²) >= 11 is 0. The highest BCUT2D eigenvalue weighted by atomic mass is 15.2. The quantitative estimate of drug-likeness (QED) is 0.603. The van der Waals surface area contributed by atoms with Gasteiger partial charge in [-0.1, -0.05) is 0 Å². The van der Waals surface area contributed by atoms with E-state index in [-0.39, 0.29) is 0 Å². The Morgan fingerprint density at radius 3 is 2.38 bits per heavy atom. The zero-order valence-corrected chi connectivity index (χ0v) is 10.5. The molecule has 0 aromatic carbocycles. The third-order valence-corrected chi connectivity index (χ3v) is 4.14. The standard InChI is InChI=1S/C14H26N2/c1(9-15-13-5-6-13)2-10-16(14-7-8-14)11-12-3-4-12/h12-15H,1-11H2. The molecule has 0 spiro atoms. The van der Waals surface area contributed by atoms with Crippen LogP contribution in [0.3, 0.4) is 0 Å². The average molecular weight is 222 g/mol. The fourth-order valence-corrected chi connectivity index (χ4v) is 2.53. The van der Waals surface area contributed by atoms with Crippen molar-refractivity contribution in [3.05, 3.63) is 0 Å². The maximum absolute atomic E-state index is 3.61. The van der Waals surface area contributed by atoms with E-state index in [0.717, 1.165) is 18.0 Å². The van der Waals surface area contributed by atoms with Gasteiger partial charge in [0, 0.05) is 18.6 Å². The van der Waals surface area contributed by atoms with Crippen LogP contribution in [0.5, 0.6) is 0 Å². The van der Waals surface area contributed by atoms with E-state index in [1.165, 1.54) is 71.0 Å². The van der Waals surface area contributed by atoms with E-state index >= 15 is 0 Å². The van der Waals surface area contributed by atoms with E-state index < -0.39 is 0 Å². The third kappa shape index (κ3) is 3.74. The Morgan fingerprint density at radius 2 is 1.75 bits per heavy atom. The fraction of sp³-hybridized carbons (Fsp3) is 1.00. The van der Waals surface area contributed by atoms with Gasteiger partial charge in [0.2, 0.25) is 0 Å². The summed E-state index contributed by atoms with van der Waals surface area (Å²) in [6.07, 6.45) is 11.6. The monoisotopic (exact) mass is 222 g/mol. The Balaban J connectivity index is 1.25. The molecule has 3 rings (SSSR count). The van der Waals surface area contributed by atoms with Crippen LogP contribution in [0.15, 0.2) is 0 Å². The summed E-state index contributed by atoms with van der Waals surface area (Å²) in [5, 5.41) is 3.61. The van der Waals surface area contributed by atoms with E-state index in [1.807, 2.05) is 0 Å². The van der Waals surface area contributed by atoms with Crippen molar-refractivity contribution >= 4 is 0 Å². The van der Waals surface area contributed by atoms with Gasteiger partial charge in [-0.2, -0.15) is 0 Å². The zero-order valence-electron chi connectivity index (χ0n) is 10.5. The van der Waals surface area contributed by atoms with Crippen LogP contribution >= 0.6 is 0 Å². The predicted octanol–water partition coefficient (Wildman–Crippen LogP) is 2.39. The van der Waals surface area contributed by atoms with Gasteiger partial charge in [-0.25, -0.2) is 0 Å². The molecule has 0 atom stereocenters. The Hall–Kier alpha value is -0.0800. The van der Waals surface area contributed by atoms with E-state index in [4.69, 9.17) is 0 Å². The van der Waals surface area contributed by atoms with Crippen LogP contribution in [-0.2, 0) is 0 Å². The molecule has 16 heavy (non-hydrogen) atoms. The van der Waals surface area contributed by atoms with Crippen molar-refractivity contribution in [3.63, 3.8) is 0 Å². The van der Waals surface area contributed by atoms with Crippen LogP contribution in [0, 0.1) is 5.92 Å². The Morgan fingerprint density at radius 1 is 0.938 bits per heavy atom. The molecule has 2 heteroatoms. The van der Waals surface area contributed by atoms with Crippen LogP contribution in [-0.4, -0.2) is 36.6 Å². The van der Waals surface area contributed by atoms with Crippen LogP contribution in [0.2, 0.25) is 0 Å². The molecule has 0 aliphatic heterocycles. The first-order chi connectivity index (χ1) is 7.92. The molecule has 0 radical (unpaired) electrons. The average Bonchev–Trinajstić information content (AvgIpc) is 3.14. The van der Waals surface area contributed by atoms with Gasteiger partial charge >= 0.3 is 0 Å². The van der Waals surface area contributed by atoms with E-state index in [2.05, 4.69) is 10.2 Å². The topological polar surface area (TPSA) is 15.3 Å². The molecular weight excluding hydrogens is 196 g/mol. The van der Waals surface area contributed by atoms with Gasteiger partial charge in [0.15, 0.2) is 0 Å². The lowest BCUT2D eigenvalue weighted by Gasteiger charge is -2.21. The number of hydrogen-bond acceptors (Lipinski definition) is 2. The van der Waals surface area contributed by atoms with Crippen molar-refractivity contribution in [2.45, 2.75) is 63.5 Å². The summed E-state index contributed by atoms with van der Waals surface area (Å²) in [6.45, 7) is 4.04. The first-order valence-electron chi connectivity index (χ1n) is 7.39. The minimum absolute atomic E-state index is 0.894. The van der Waals surface area contributed by atoms with Gasteiger partial charge in [-0.05, 0) is 70.4 Å². The number of unbranched alkanes of at least 4 members (excludes halogenated alkanes) is 1. The summed E-state index contributed by atoms with van der Waals surface area (Å²) in [6, 6.07) is 1.88. The molecule has 3 aliphatic carbocycles. The zero-order chi connectivity index (χ0) is 10.8. The van der Waals surface area contributed by atoms with Crippen LogP contribution in [0.1, 0.15) is 51.4 Å². The molecule has 1 N–H and O–H groups in total. The van der Waals surface area contributed by atoms with Crippen LogP contribution < -0.4 is 5.32 Å². The molecule has 0 aromatic rings. The largest absolute Gasteiger partial charge is 0.314 e. The summed E-state index contributed by atoms with van der Waals surface area (Å²) in [4.78, 5) is 2.79. The minimum Gasteiger partial charge on any atom is -0.314 e. The molecule has 3 fully saturated rings. The molecule has 3 saturated carbocycles. The van der Waals surface area contributed by atoms with E-state index in [1.54, 1.807) is 0 Å². The molecule has 0 heterocycles. The van der Waals surface area contributed by atoms with Crippen LogP contribution in [0.25, 0.3) is 0 Å². The van der Waals surface area contributed by atoms with Crippen molar-refractivity contribution in [1.82, 2.24) is 10.2 Å². The molecule has 0 aromatic heterocycles. The summed E-state index contributed by atoms with van der Waals surface area (Å²) in [7, 11) is 0. The summed E-state index contributed by atoms with van der Waals surface area (Å²) < 4.78 is 0. The van der Waals surface area contributed by atoms with Gasteiger partial charge in [0.1, 0.15) is 0 Å². The smallest absolute Gasteiger partial charge is 0.00965 e. The normalized spacial score (nSPS) is 25.3. The first kappa shape index (κ1) is 11.0. The first-order valence-corrected chi connectivity index (χ1v) is 7.39. The maximum atomic E-state index is 3.61. The summed E-state index contributed by atoms with van der Waals surface area (Å²) in [5.74, 6) is 1.07. The van der Waals surface area contributed by atoms with Gasteiger partial charge in [0.25, 0.3) is 0 Å². The van der Waals surface area contributed by atoms with Crippen molar-refractivity contribution in [2.75, 3.05) is 19.6 Å². The van der Waals surface area contributed by atoms with E-state index in [0.29, 0.717) is 0 Å². The van der Waals surface area contributed by atoms with Gasteiger partial charge < -0.3 is 10.2 Å². The number of nitrogens with one attached hydrogen (secondary N) is 1. The molecular formula is C14H26N2. The van der Waals surface area contributed by atoms with Gasteiger partial charge in [-0.3, -0.25) is 0 Å². The molecule has 0 unspecified atom stereocenters. The molecule has 0 bridgehead atoms. The minimum atomic E-state index is 0.894. The van der Waals surface area contributed by atoms with Crippen molar-refractivity contribution in [3.8, 4) is 0 Å². The molecule has 0 amide bonds. The van der Waals surface area contributed by atoms with E-state index in [9.17, 15) is 0 Å². The number of hydrogen-bond donors (Lipinski definition) is 1. The maximum Gasteiger partial charge on any atom is 0.00965 e. The molecule has 3 aliphatic rings. The van der Waals surface area contributed by atoms with Crippen molar-refractivity contribution in [1.29, 1.82) is 0 Å². The lowest BCUT2D eigenvalue weighted by molar-refractivity contribution is 0.247. The third-order valence-electron chi connectivity index (χ3n) is 4.14. The van der Waals surface area contributed by atoms with Gasteiger partial charge in [-0.15, -0.1) is 0 Å². The molecule has 2 nitrogen and oxygen atoms in total. The lowest BCUT2D eigenvalue weighted by Crippen LogP contribution is -2.30. The van der Waals surface area contributed by atoms with Gasteiger partial charge in [0.05, 0.1) is 0 Å². The molecule has 0 saturated heterocycles. The SMILES string of the molecule is C(CCN(CC1CC1)C1CC1)CNC1CC1. The number of rotatable bonds is 9. The van der Waals surface area contributed by atoms with Crippen molar-refractivity contribution in [2.24, 2.45) is 5.92 Å².